The highest BCUT2D eigenvalue weighted by Crippen LogP contribution is 2.22. The lowest BCUT2D eigenvalue weighted by Crippen LogP contribution is -2.28. The zero-order valence-electron chi connectivity index (χ0n) is 11.6. The average molecular weight is 260 g/mol. The Bertz CT molecular complexity index is 462. The van der Waals surface area contributed by atoms with Crippen molar-refractivity contribution in [2.45, 2.75) is 25.5 Å². The molecule has 1 aromatic rings. The first kappa shape index (κ1) is 13.9. The van der Waals surface area contributed by atoms with Crippen LogP contribution in [0.2, 0.25) is 0 Å². The van der Waals surface area contributed by atoms with Crippen molar-refractivity contribution in [2.75, 3.05) is 27.3 Å². The van der Waals surface area contributed by atoms with Crippen molar-refractivity contribution in [1.82, 2.24) is 4.90 Å². The van der Waals surface area contributed by atoms with Gasteiger partial charge in [-0.05, 0) is 38.1 Å². The third-order valence-electron chi connectivity index (χ3n) is 3.39. The number of nitriles is 1. The largest absolute Gasteiger partial charge is 0.496 e. The molecule has 1 fully saturated rings. The van der Waals surface area contributed by atoms with Crippen LogP contribution in [0.4, 0.5) is 0 Å². The summed E-state index contributed by atoms with van der Waals surface area (Å²) in [5.41, 5.74) is 1.71. The van der Waals surface area contributed by atoms with Gasteiger partial charge in [0.2, 0.25) is 0 Å². The summed E-state index contributed by atoms with van der Waals surface area (Å²) in [6.45, 7) is 2.56. The molecule has 0 spiro atoms. The van der Waals surface area contributed by atoms with Crippen LogP contribution in [0.3, 0.4) is 0 Å². The number of rotatable bonds is 5. The number of likely N-dealkylation sites (N-methyl/N-ethyl adjacent to an activating group) is 1. The van der Waals surface area contributed by atoms with Crippen molar-refractivity contribution in [3.05, 3.63) is 29.3 Å². The van der Waals surface area contributed by atoms with Crippen LogP contribution >= 0.6 is 0 Å². The number of benzene rings is 1. The van der Waals surface area contributed by atoms with Crippen LogP contribution < -0.4 is 4.74 Å². The van der Waals surface area contributed by atoms with Crippen LogP contribution in [0.1, 0.15) is 24.0 Å². The van der Waals surface area contributed by atoms with Gasteiger partial charge in [-0.1, -0.05) is 0 Å². The molecule has 1 saturated heterocycles. The van der Waals surface area contributed by atoms with Gasteiger partial charge in [0.05, 0.1) is 24.8 Å². The van der Waals surface area contributed by atoms with Gasteiger partial charge in [-0.25, -0.2) is 0 Å². The molecule has 1 aliphatic heterocycles. The predicted octanol–water partition coefficient (Wildman–Crippen LogP) is 2.18. The van der Waals surface area contributed by atoms with E-state index in [2.05, 4.69) is 18.0 Å². The number of methoxy groups -OCH3 is 1. The smallest absolute Gasteiger partial charge is 0.123 e. The summed E-state index contributed by atoms with van der Waals surface area (Å²) in [6.07, 6.45) is 2.64. The highest BCUT2D eigenvalue weighted by Gasteiger charge is 2.18. The molecule has 0 radical (unpaired) electrons. The molecule has 4 heteroatoms. The van der Waals surface area contributed by atoms with Crippen LogP contribution in [0.5, 0.6) is 5.75 Å². The Kier molecular flexibility index (Phi) is 4.78. The van der Waals surface area contributed by atoms with Gasteiger partial charge in [-0.3, -0.25) is 4.90 Å². The second-order valence-corrected chi connectivity index (χ2v) is 4.97. The third kappa shape index (κ3) is 3.69. The van der Waals surface area contributed by atoms with E-state index in [-0.39, 0.29) is 0 Å². The van der Waals surface area contributed by atoms with Gasteiger partial charge >= 0.3 is 0 Å². The number of ether oxygens (including phenoxy) is 2. The van der Waals surface area contributed by atoms with Crippen molar-refractivity contribution in [1.29, 1.82) is 5.26 Å². The second kappa shape index (κ2) is 6.55. The highest BCUT2D eigenvalue weighted by atomic mass is 16.5. The van der Waals surface area contributed by atoms with Gasteiger partial charge < -0.3 is 9.47 Å². The Morgan fingerprint density at radius 2 is 2.37 bits per heavy atom. The van der Waals surface area contributed by atoms with E-state index in [1.807, 2.05) is 12.1 Å². The number of nitrogens with zero attached hydrogens (tertiary/aromatic N) is 2. The molecule has 4 nitrogen and oxygen atoms in total. The number of hydrogen-bond donors (Lipinski definition) is 0. The zero-order chi connectivity index (χ0) is 13.7. The summed E-state index contributed by atoms with van der Waals surface area (Å²) in [4.78, 5) is 2.22. The van der Waals surface area contributed by atoms with Crippen molar-refractivity contribution in [2.24, 2.45) is 0 Å². The fraction of sp³-hybridized carbons (Fsp3) is 0.533. The van der Waals surface area contributed by atoms with E-state index in [1.165, 1.54) is 0 Å². The molecular formula is C15H20N2O2. The Balaban J connectivity index is 2.02. The molecule has 1 heterocycles. The van der Waals surface area contributed by atoms with E-state index in [1.54, 1.807) is 13.2 Å². The average Bonchev–Trinajstić information content (AvgIpc) is 2.91. The first-order chi connectivity index (χ1) is 9.22. The summed E-state index contributed by atoms with van der Waals surface area (Å²) in [7, 11) is 3.73. The molecule has 1 aromatic carbocycles. The molecular weight excluding hydrogens is 240 g/mol. The maximum atomic E-state index is 8.97. The molecule has 102 valence electrons. The van der Waals surface area contributed by atoms with Crippen LogP contribution in [-0.4, -0.2) is 38.3 Å². The lowest BCUT2D eigenvalue weighted by molar-refractivity contribution is 0.0791. The summed E-state index contributed by atoms with van der Waals surface area (Å²) < 4.78 is 11.0. The molecule has 0 aliphatic carbocycles. The van der Waals surface area contributed by atoms with Gasteiger partial charge in [-0.15, -0.1) is 0 Å². The molecule has 0 N–H and O–H groups in total. The maximum absolute atomic E-state index is 8.97. The first-order valence-electron chi connectivity index (χ1n) is 6.60. The first-order valence-corrected chi connectivity index (χ1v) is 6.60. The standard InChI is InChI=1S/C15H20N2O2/c1-17(11-14-4-3-7-19-14)10-13-8-12(9-16)5-6-15(13)18-2/h5-6,8,14H,3-4,7,10-11H2,1-2H3. The molecule has 0 amide bonds. The van der Waals surface area contributed by atoms with Crippen molar-refractivity contribution < 1.29 is 9.47 Å². The third-order valence-corrected chi connectivity index (χ3v) is 3.39. The fourth-order valence-corrected chi connectivity index (χ4v) is 2.46. The Labute approximate surface area is 114 Å². The van der Waals surface area contributed by atoms with E-state index in [0.717, 1.165) is 43.9 Å². The van der Waals surface area contributed by atoms with E-state index < -0.39 is 0 Å². The van der Waals surface area contributed by atoms with Crippen LogP contribution in [0.15, 0.2) is 18.2 Å². The van der Waals surface area contributed by atoms with Crippen LogP contribution in [0.25, 0.3) is 0 Å². The second-order valence-electron chi connectivity index (χ2n) is 4.97. The summed E-state index contributed by atoms with van der Waals surface area (Å²) in [5, 5.41) is 8.97. The molecule has 0 bridgehead atoms. The molecule has 1 unspecified atom stereocenters. The van der Waals surface area contributed by atoms with Gasteiger partial charge in [0, 0.05) is 25.3 Å². The lowest BCUT2D eigenvalue weighted by Gasteiger charge is -2.21. The fourth-order valence-electron chi connectivity index (χ4n) is 2.46. The van der Waals surface area contributed by atoms with E-state index in [0.29, 0.717) is 11.7 Å². The Morgan fingerprint density at radius 3 is 3.00 bits per heavy atom. The van der Waals surface area contributed by atoms with Crippen molar-refractivity contribution in [3.8, 4) is 11.8 Å². The predicted molar refractivity (Wildman–Crippen MR) is 73.0 cm³/mol. The quantitative estimate of drug-likeness (QED) is 0.814. The molecule has 2 rings (SSSR count). The van der Waals surface area contributed by atoms with Crippen LogP contribution in [0, 0.1) is 11.3 Å². The normalized spacial score (nSPS) is 18.5. The van der Waals surface area contributed by atoms with Gasteiger partial charge in [0.15, 0.2) is 0 Å². The van der Waals surface area contributed by atoms with E-state index in [4.69, 9.17) is 14.7 Å². The van der Waals surface area contributed by atoms with Crippen LogP contribution in [-0.2, 0) is 11.3 Å². The monoisotopic (exact) mass is 260 g/mol. The van der Waals surface area contributed by atoms with Crippen molar-refractivity contribution >= 4 is 0 Å². The minimum atomic E-state index is 0.343. The summed E-state index contributed by atoms with van der Waals surface area (Å²) in [5.74, 6) is 0.832. The van der Waals surface area contributed by atoms with Gasteiger partial charge in [0.1, 0.15) is 5.75 Å². The summed E-state index contributed by atoms with van der Waals surface area (Å²) >= 11 is 0. The minimum Gasteiger partial charge on any atom is -0.496 e. The Morgan fingerprint density at radius 1 is 1.53 bits per heavy atom. The van der Waals surface area contributed by atoms with E-state index in [9.17, 15) is 0 Å². The summed E-state index contributed by atoms with van der Waals surface area (Å²) in [6, 6.07) is 7.70. The van der Waals surface area contributed by atoms with Crippen molar-refractivity contribution in [3.63, 3.8) is 0 Å². The maximum Gasteiger partial charge on any atom is 0.123 e. The Hall–Kier alpha value is -1.57. The SMILES string of the molecule is COc1ccc(C#N)cc1CN(C)CC1CCCO1. The minimum absolute atomic E-state index is 0.343. The van der Waals surface area contributed by atoms with Gasteiger partial charge in [0.25, 0.3) is 0 Å². The topological polar surface area (TPSA) is 45.5 Å². The molecule has 1 atom stereocenters. The molecule has 0 saturated carbocycles. The lowest BCUT2D eigenvalue weighted by atomic mass is 10.1. The molecule has 1 aliphatic rings. The number of hydrogen-bond acceptors (Lipinski definition) is 4. The molecule has 19 heavy (non-hydrogen) atoms. The van der Waals surface area contributed by atoms with E-state index >= 15 is 0 Å². The molecule has 0 aromatic heterocycles. The van der Waals surface area contributed by atoms with Gasteiger partial charge in [-0.2, -0.15) is 5.26 Å². The zero-order valence-corrected chi connectivity index (χ0v) is 11.6. The highest BCUT2D eigenvalue weighted by molar-refractivity contribution is 5.42.